The summed E-state index contributed by atoms with van der Waals surface area (Å²) in [5.41, 5.74) is 7.97. The van der Waals surface area contributed by atoms with Crippen LogP contribution in [0.4, 0.5) is 0 Å². The number of carbonyl (C=O) groups is 1. The fourth-order valence-corrected chi connectivity index (χ4v) is 2.30. The molecule has 4 nitrogen and oxygen atoms in total. The van der Waals surface area contributed by atoms with Gasteiger partial charge in [0.1, 0.15) is 0 Å². The Bertz CT molecular complexity index is 406. The van der Waals surface area contributed by atoms with Gasteiger partial charge in [0.25, 0.3) is 0 Å². The molecule has 1 heterocycles. The van der Waals surface area contributed by atoms with Crippen molar-refractivity contribution in [3.8, 4) is 0 Å². The lowest BCUT2D eigenvalue weighted by Gasteiger charge is -2.34. The molecule has 0 saturated heterocycles. The fraction of sp³-hybridized carbons (Fsp3) is 0.462. The van der Waals surface area contributed by atoms with E-state index in [-0.39, 0.29) is 11.9 Å². The number of fused-ring (bicyclic) bond motifs is 1. The predicted molar refractivity (Wildman–Crippen MR) is 65.4 cm³/mol. The molecule has 1 aromatic rings. The number of nitrogens with two attached hydrogens (primary N) is 1. The lowest BCUT2D eigenvalue weighted by molar-refractivity contribution is -0.124. The first-order chi connectivity index (χ1) is 8.22. The van der Waals surface area contributed by atoms with Gasteiger partial charge in [0.15, 0.2) is 0 Å². The van der Waals surface area contributed by atoms with Crippen LogP contribution in [-0.4, -0.2) is 37.1 Å². The second-order valence-electron chi connectivity index (χ2n) is 4.35. The van der Waals surface area contributed by atoms with Crippen LogP contribution in [0.15, 0.2) is 24.3 Å². The average molecular weight is 234 g/mol. The number of amides is 1. The molecule has 0 unspecified atom stereocenters. The van der Waals surface area contributed by atoms with E-state index in [1.54, 1.807) is 7.11 Å². The highest BCUT2D eigenvalue weighted by atomic mass is 16.5. The van der Waals surface area contributed by atoms with E-state index >= 15 is 0 Å². The molecule has 0 aliphatic carbocycles. The van der Waals surface area contributed by atoms with E-state index in [0.29, 0.717) is 13.0 Å². The van der Waals surface area contributed by atoms with Crippen molar-refractivity contribution in [1.29, 1.82) is 0 Å². The molecule has 1 amide bonds. The number of hydrogen-bond donors (Lipinski definition) is 1. The van der Waals surface area contributed by atoms with Crippen LogP contribution in [0.2, 0.25) is 0 Å². The maximum atomic E-state index is 11.5. The van der Waals surface area contributed by atoms with Crippen LogP contribution in [0, 0.1) is 0 Å². The van der Waals surface area contributed by atoms with Gasteiger partial charge in [0, 0.05) is 20.2 Å². The van der Waals surface area contributed by atoms with E-state index in [4.69, 9.17) is 10.5 Å². The first kappa shape index (κ1) is 12.1. The number of nitrogens with zero attached hydrogens (tertiary/aromatic N) is 1. The molecule has 4 heteroatoms. The summed E-state index contributed by atoms with van der Waals surface area (Å²) >= 11 is 0. The molecule has 2 N–H and O–H groups in total. The summed E-state index contributed by atoms with van der Waals surface area (Å²) in [4.78, 5) is 13.6. The number of primary amides is 1. The van der Waals surface area contributed by atoms with Crippen LogP contribution in [0.5, 0.6) is 0 Å². The van der Waals surface area contributed by atoms with Crippen LogP contribution in [0.3, 0.4) is 0 Å². The van der Waals surface area contributed by atoms with Crippen molar-refractivity contribution in [3.63, 3.8) is 0 Å². The topological polar surface area (TPSA) is 55.6 Å². The van der Waals surface area contributed by atoms with Crippen molar-refractivity contribution in [2.75, 3.05) is 20.3 Å². The molecule has 1 aliphatic rings. The summed E-state index contributed by atoms with van der Waals surface area (Å²) in [6.45, 7) is 2.12. The number of hydrogen-bond acceptors (Lipinski definition) is 3. The van der Waals surface area contributed by atoms with Gasteiger partial charge in [-0.05, 0) is 17.5 Å². The van der Waals surface area contributed by atoms with Gasteiger partial charge in [-0.15, -0.1) is 0 Å². The van der Waals surface area contributed by atoms with Crippen LogP contribution in [0.1, 0.15) is 11.1 Å². The van der Waals surface area contributed by atoms with Gasteiger partial charge in [-0.3, -0.25) is 9.69 Å². The zero-order valence-electron chi connectivity index (χ0n) is 10.1. The molecular formula is C13H18N2O2. The van der Waals surface area contributed by atoms with Gasteiger partial charge in [-0.25, -0.2) is 0 Å². The zero-order chi connectivity index (χ0) is 12.3. The Morgan fingerprint density at radius 1 is 1.47 bits per heavy atom. The summed E-state index contributed by atoms with van der Waals surface area (Å²) in [6, 6.07) is 7.99. The van der Waals surface area contributed by atoms with Gasteiger partial charge < -0.3 is 10.5 Å². The maximum absolute atomic E-state index is 11.5. The number of carbonyl (C=O) groups excluding carboxylic acids is 1. The van der Waals surface area contributed by atoms with Gasteiger partial charge >= 0.3 is 0 Å². The summed E-state index contributed by atoms with van der Waals surface area (Å²) in [5.74, 6) is -0.254. The van der Waals surface area contributed by atoms with Crippen molar-refractivity contribution < 1.29 is 9.53 Å². The first-order valence-electron chi connectivity index (χ1n) is 5.81. The predicted octanol–water partition coefficient (Wildman–Crippen LogP) is 0.545. The molecule has 1 aromatic carbocycles. The Balaban J connectivity index is 2.18. The molecule has 1 atom stereocenters. The molecule has 0 bridgehead atoms. The molecule has 92 valence electrons. The lowest BCUT2D eigenvalue weighted by atomic mass is 9.93. The van der Waals surface area contributed by atoms with Crippen molar-refractivity contribution in [3.05, 3.63) is 35.4 Å². The summed E-state index contributed by atoms with van der Waals surface area (Å²) in [6.07, 6.45) is 0.704. The van der Waals surface area contributed by atoms with Gasteiger partial charge in [0.2, 0.25) is 5.91 Å². The summed E-state index contributed by atoms with van der Waals surface area (Å²) in [5, 5.41) is 0. The number of methoxy groups -OCH3 is 1. The minimum absolute atomic E-state index is 0.208. The zero-order valence-corrected chi connectivity index (χ0v) is 10.1. The Labute approximate surface area is 101 Å². The van der Waals surface area contributed by atoms with E-state index in [0.717, 1.165) is 13.1 Å². The van der Waals surface area contributed by atoms with Gasteiger partial charge in [-0.2, -0.15) is 0 Å². The van der Waals surface area contributed by atoms with E-state index in [1.807, 2.05) is 12.1 Å². The highest BCUT2D eigenvalue weighted by molar-refractivity contribution is 5.80. The molecule has 0 fully saturated rings. The molecule has 17 heavy (non-hydrogen) atoms. The standard InChI is InChI=1S/C13H18N2O2/c1-17-7-6-15-9-11-5-3-2-4-10(11)8-12(15)13(14)16/h2-5,12H,6-9H2,1H3,(H2,14,16)/t12-/m0/s1. The molecule has 0 saturated carbocycles. The van der Waals surface area contributed by atoms with Crippen molar-refractivity contribution in [1.82, 2.24) is 4.90 Å². The third-order valence-electron chi connectivity index (χ3n) is 3.26. The molecule has 2 rings (SSSR count). The Morgan fingerprint density at radius 2 is 2.18 bits per heavy atom. The second-order valence-corrected chi connectivity index (χ2v) is 4.35. The first-order valence-corrected chi connectivity index (χ1v) is 5.81. The number of rotatable bonds is 4. The smallest absolute Gasteiger partial charge is 0.235 e. The van der Waals surface area contributed by atoms with Crippen molar-refractivity contribution >= 4 is 5.91 Å². The maximum Gasteiger partial charge on any atom is 0.235 e. The fourth-order valence-electron chi connectivity index (χ4n) is 2.30. The van der Waals surface area contributed by atoms with Crippen LogP contribution < -0.4 is 5.73 Å². The Morgan fingerprint density at radius 3 is 2.82 bits per heavy atom. The summed E-state index contributed by atoms with van der Waals surface area (Å²) in [7, 11) is 1.66. The van der Waals surface area contributed by atoms with Crippen molar-refractivity contribution in [2.24, 2.45) is 5.73 Å². The highest BCUT2D eigenvalue weighted by Crippen LogP contribution is 2.22. The SMILES string of the molecule is COCCN1Cc2ccccc2C[C@H]1C(N)=O. The second kappa shape index (κ2) is 5.29. The normalized spacial score (nSPS) is 19.9. The monoisotopic (exact) mass is 234 g/mol. The van der Waals surface area contributed by atoms with Gasteiger partial charge in [-0.1, -0.05) is 24.3 Å². The minimum atomic E-state index is -0.254. The Kier molecular flexibility index (Phi) is 3.76. The molecular weight excluding hydrogens is 216 g/mol. The third kappa shape index (κ3) is 2.65. The number of ether oxygens (including phenoxy) is 1. The van der Waals surface area contributed by atoms with Crippen molar-refractivity contribution in [2.45, 2.75) is 19.0 Å². The average Bonchev–Trinajstić information content (AvgIpc) is 2.35. The molecule has 0 radical (unpaired) electrons. The minimum Gasteiger partial charge on any atom is -0.383 e. The van der Waals surface area contributed by atoms with Gasteiger partial charge in [0.05, 0.1) is 12.6 Å². The van der Waals surface area contributed by atoms with Crippen LogP contribution in [-0.2, 0) is 22.5 Å². The molecule has 0 spiro atoms. The van der Waals surface area contributed by atoms with E-state index < -0.39 is 0 Å². The molecule has 0 aromatic heterocycles. The highest BCUT2D eigenvalue weighted by Gasteiger charge is 2.29. The van der Waals surface area contributed by atoms with Crippen LogP contribution in [0.25, 0.3) is 0 Å². The Hall–Kier alpha value is -1.39. The molecule has 1 aliphatic heterocycles. The van der Waals surface area contributed by atoms with E-state index in [9.17, 15) is 4.79 Å². The van der Waals surface area contributed by atoms with E-state index in [1.165, 1.54) is 11.1 Å². The van der Waals surface area contributed by atoms with Crippen LogP contribution >= 0.6 is 0 Å². The largest absolute Gasteiger partial charge is 0.383 e. The number of benzene rings is 1. The summed E-state index contributed by atoms with van der Waals surface area (Å²) < 4.78 is 5.07. The van der Waals surface area contributed by atoms with E-state index in [2.05, 4.69) is 17.0 Å². The lowest BCUT2D eigenvalue weighted by Crippen LogP contribution is -2.49. The quantitative estimate of drug-likeness (QED) is 0.827. The third-order valence-corrected chi connectivity index (χ3v) is 3.26.